The molecule has 4 nitrogen and oxygen atoms in total. The number of ether oxygens (including phenoxy) is 2. The summed E-state index contributed by atoms with van der Waals surface area (Å²) in [5, 5.41) is 6.64. The summed E-state index contributed by atoms with van der Waals surface area (Å²) in [7, 11) is 0. The fourth-order valence-corrected chi connectivity index (χ4v) is 2.81. The average Bonchev–Trinajstić information content (AvgIpc) is 2.93. The molecule has 1 N–H and O–H groups in total. The van der Waals surface area contributed by atoms with Crippen LogP contribution in [0.2, 0.25) is 0 Å². The minimum atomic E-state index is 0.100. The van der Waals surface area contributed by atoms with Crippen LogP contribution >= 0.6 is 11.3 Å². The minimum absolute atomic E-state index is 0.100. The Balaban J connectivity index is 1.77. The third-order valence-electron chi connectivity index (χ3n) is 3.16. The van der Waals surface area contributed by atoms with E-state index >= 15 is 0 Å². The molecule has 2 aromatic rings. The lowest BCUT2D eigenvalue weighted by atomic mass is 10.1. The minimum Gasteiger partial charge on any atom is -0.486 e. The Morgan fingerprint density at radius 1 is 1.19 bits per heavy atom. The van der Waals surface area contributed by atoms with Crippen molar-refractivity contribution in [3.8, 4) is 22.8 Å². The smallest absolute Gasteiger partial charge is 0.162 e. The molecule has 21 heavy (non-hydrogen) atoms. The standard InChI is InChI=1S/C16H20N2O2S/c1-16(2,3)17-9-15-18-12(10-21-15)11-4-5-13-14(8-11)20-7-6-19-13/h4-5,8,10,17H,6-7,9H2,1-3H3. The highest BCUT2D eigenvalue weighted by Gasteiger charge is 2.14. The number of aromatic nitrogens is 1. The fraction of sp³-hybridized carbons (Fsp3) is 0.438. The quantitative estimate of drug-likeness (QED) is 0.943. The number of rotatable bonds is 3. The van der Waals surface area contributed by atoms with Crippen molar-refractivity contribution < 1.29 is 9.47 Å². The van der Waals surface area contributed by atoms with Crippen molar-refractivity contribution in [3.63, 3.8) is 0 Å². The Morgan fingerprint density at radius 2 is 1.95 bits per heavy atom. The first kappa shape index (κ1) is 14.4. The molecule has 5 heteroatoms. The molecule has 0 spiro atoms. The van der Waals surface area contributed by atoms with Crippen LogP contribution in [-0.2, 0) is 6.54 Å². The molecule has 0 unspecified atom stereocenters. The van der Waals surface area contributed by atoms with Gasteiger partial charge in [-0.25, -0.2) is 4.98 Å². The van der Waals surface area contributed by atoms with Gasteiger partial charge in [0.15, 0.2) is 11.5 Å². The Hall–Kier alpha value is -1.59. The Labute approximate surface area is 129 Å². The molecule has 0 aliphatic carbocycles. The van der Waals surface area contributed by atoms with Crippen LogP contribution in [0.1, 0.15) is 25.8 Å². The van der Waals surface area contributed by atoms with Crippen LogP contribution in [0.4, 0.5) is 0 Å². The van der Waals surface area contributed by atoms with Crippen LogP contribution in [0.15, 0.2) is 23.6 Å². The van der Waals surface area contributed by atoms with Crippen LogP contribution in [-0.4, -0.2) is 23.7 Å². The molecule has 0 bridgehead atoms. The van der Waals surface area contributed by atoms with Crippen molar-refractivity contribution >= 4 is 11.3 Å². The molecule has 3 rings (SSSR count). The molecule has 2 heterocycles. The molecule has 0 saturated carbocycles. The van der Waals surface area contributed by atoms with Gasteiger partial charge in [0.25, 0.3) is 0 Å². The van der Waals surface area contributed by atoms with Gasteiger partial charge in [-0.3, -0.25) is 0 Å². The molecule has 0 amide bonds. The topological polar surface area (TPSA) is 43.4 Å². The maximum atomic E-state index is 5.62. The van der Waals surface area contributed by atoms with Gasteiger partial charge in [-0.2, -0.15) is 0 Å². The normalized spacial score (nSPS) is 14.2. The number of nitrogens with zero attached hydrogens (tertiary/aromatic N) is 1. The lowest BCUT2D eigenvalue weighted by molar-refractivity contribution is 0.171. The summed E-state index contributed by atoms with van der Waals surface area (Å²) in [6.07, 6.45) is 0. The summed E-state index contributed by atoms with van der Waals surface area (Å²) in [6, 6.07) is 5.99. The number of hydrogen-bond donors (Lipinski definition) is 1. The van der Waals surface area contributed by atoms with Crippen LogP contribution in [0.5, 0.6) is 11.5 Å². The monoisotopic (exact) mass is 304 g/mol. The zero-order valence-corrected chi connectivity index (χ0v) is 13.4. The highest BCUT2D eigenvalue weighted by molar-refractivity contribution is 7.09. The van der Waals surface area contributed by atoms with Crippen molar-refractivity contribution in [2.75, 3.05) is 13.2 Å². The molecule has 1 aliphatic rings. The van der Waals surface area contributed by atoms with E-state index in [-0.39, 0.29) is 5.54 Å². The van der Waals surface area contributed by atoms with Crippen LogP contribution in [0.25, 0.3) is 11.3 Å². The van der Waals surface area contributed by atoms with E-state index in [0.29, 0.717) is 13.2 Å². The van der Waals surface area contributed by atoms with E-state index in [1.807, 2.05) is 18.2 Å². The van der Waals surface area contributed by atoms with E-state index < -0.39 is 0 Å². The van der Waals surface area contributed by atoms with Crippen molar-refractivity contribution in [1.29, 1.82) is 0 Å². The van der Waals surface area contributed by atoms with E-state index in [0.717, 1.165) is 34.3 Å². The second kappa shape index (κ2) is 5.66. The van der Waals surface area contributed by atoms with Crippen molar-refractivity contribution in [2.45, 2.75) is 32.9 Å². The molecular weight excluding hydrogens is 284 g/mol. The fourth-order valence-electron chi connectivity index (χ4n) is 2.07. The van der Waals surface area contributed by atoms with Crippen molar-refractivity contribution in [2.24, 2.45) is 0 Å². The zero-order chi connectivity index (χ0) is 14.9. The maximum Gasteiger partial charge on any atom is 0.162 e. The average molecular weight is 304 g/mol. The van der Waals surface area contributed by atoms with Gasteiger partial charge in [0.1, 0.15) is 18.2 Å². The lowest BCUT2D eigenvalue weighted by Crippen LogP contribution is -2.34. The second-order valence-corrected chi connectivity index (χ2v) is 7.03. The molecule has 0 fully saturated rings. The summed E-state index contributed by atoms with van der Waals surface area (Å²) in [5.74, 6) is 1.62. The van der Waals surface area contributed by atoms with Gasteiger partial charge in [-0.15, -0.1) is 11.3 Å². The molecule has 1 aromatic heterocycles. The predicted octanol–water partition coefficient (Wildman–Crippen LogP) is 3.47. The first-order valence-corrected chi connectivity index (χ1v) is 7.99. The van der Waals surface area contributed by atoms with Gasteiger partial charge >= 0.3 is 0 Å². The molecule has 0 atom stereocenters. The molecule has 0 radical (unpaired) electrons. The number of benzene rings is 1. The van der Waals surface area contributed by atoms with E-state index in [2.05, 4.69) is 31.5 Å². The van der Waals surface area contributed by atoms with Gasteiger partial charge < -0.3 is 14.8 Å². The van der Waals surface area contributed by atoms with Crippen molar-refractivity contribution in [1.82, 2.24) is 10.3 Å². The Kier molecular flexibility index (Phi) is 3.87. The van der Waals surface area contributed by atoms with Crippen LogP contribution < -0.4 is 14.8 Å². The van der Waals surface area contributed by atoms with Gasteiger partial charge in [-0.1, -0.05) is 0 Å². The molecule has 112 valence electrons. The third kappa shape index (κ3) is 3.54. The van der Waals surface area contributed by atoms with E-state index in [1.165, 1.54) is 0 Å². The number of nitrogens with one attached hydrogen (secondary N) is 1. The molecule has 1 aliphatic heterocycles. The Bertz CT molecular complexity index is 631. The van der Waals surface area contributed by atoms with Gasteiger partial charge in [0, 0.05) is 23.0 Å². The highest BCUT2D eigenvalue weighted by Crippen LogP contribution is 2.34. The first-order valence-electron chi connectivity index (χ1n) is 7.11. The van der Waals surface area contributed by atoms with Gasteiger partial charge in [0.2, 0.25) is 0 Å². The summed E-state index contributed by atoms with van der Waals surface area (Å²) < 4.78 is 11.2. The lowest BCUT2D eigenvalue weighted by Gasteiger charge is -2.19. The summed E-state index contributed by atoms with van der Waals surface area (Å²) in [5.41, 5.74) is 2.16. The van der Waals surface area contributed by atoms with E-state index in [4.69, 9.17) is 14.5 Å². The largest absolute Gasteiger partial charge is 0.486 e. The van der Waals surface area contributed by atoms with Gasteiger partial charge in [-0.05, 0) is 39.0 Å². The Morgan fingerprint density at radius 3 is 2.71 bits per heavy atom. The molecule has 0 saturated heterocycles. The van der Waals surface area contributed by atoms with Crippen LogP contribution in [0, 0.1) is 0 Å². The van der Waals surface area contributed by atoms with Gasteiger partial charge in [0.05, 0.1) is 5.69 Å². The number of fused-ring (bicyclic) bond motifs is 1. The maximum absolute atomic E-state index is 5.62. The van der Waals surface area contributed by atoms with Crippen molar-refractivity contribution in [3.05, 3.63) is 28.6 Å². The molecule has 1 aromatic carbocycles. The highest BCUT2D eigenvalue weighted by atomic mass is 32.1. The van der Waals surface area contributed by atoms with Crippen LogP contribution in [0.3, 0.4) is 0 Å². The first-order chi connectivity index (χ1) is 10.0. The predicted molar refractivity (Wildman–Crippen MR) is 85.1 cm³/mol. The summed E-state index contributed by atoms with van der Waals surface area (Å²) >= 11 is 1.68. The van der Waals surface area contributed by atoms with E-state index in [9.17, 15) is 0 Å². The third-order valence-corrected chi connectivity index (χ3v) is 4.01. The number of thiazole rings is 1. The van der Waals surface area contributed by atoms with E-state index in [1.54, 1.807) is 11.3 Å². The SMILES string of the molecule is CC(C)(C)NCc1nc(-c2ccc3c(c2)OCCO3)cs1. The number of hydrogen-bond acceptors (Lipinski definition) is 5. The second-order valence-electron chi connectivity index (χ2n) is 6.09. The summed E-state index contributed by atoms with van der Waals surface area (Å²) in [4.78, 5) is 4.69. The summed E-state index contributed by atoms with van der Waals surface area (Å²) in [6.45, 7) is 8.48. The molecular formula is C16H20N2O2S. The zero-order valence-electron chi connectivity index (χ0n) is 12.6.